The number of nitrogens with zero attached hydrogens (tertiary/aromatic N) is 2. The summed E-state index contributed by atoms with van der Waals surface area (Å²) in [5.74, 6) is 0. The monoisotopic (exact) mass is 269 g/mol. The topological polar surface area (TPSA) is 68.1 Å². The van der Waals surface area contributed by atoms with Gasteiger partial charge < -0.3 is 5.32 Å². The third-order valence-corrected chi connectivity index (χ3v) is 3.17. The van der Waals surface area contributed by atoms with Gasteiger partial charge in [-0.1, -0.05) is 17.7 Å². The van der Waals surface area contributed by atoms with E-state index in [1.54, 1.807) is 18.3 Å². The molecule has 7 heteroatoms. The molecule has 0 fully saturated rings. The van der Waals surface area contributed by atoms with Crippen LogP contribution in [0.1, 0.15) is 5.01 Å². The highest BCUT2D eigenvalue weighted by molar-refractivity contribution is 7.09. The van der Waals surface area contributed by atoms with Crippen LogP contribution in [0.5, 0.6) is 0 Å². The van der Waals surface area contributed by atoms with Crippen LogP contribution in [0.3, 0.4) is 0 Å². The molecular formula is C10H8ClN3O2S. The quantitative estimate of drug-likeness (QED) is 0.683. The lowest BCUT2D eigenvalue weighted by Crippen LogP contribution is -2.02. The maximum absolute atomic E-state index is 10.9. The lowest BCUT2D eigenvalue weighted by atomic mass is 10.2. The van der Waals surface area contributed by atoms with Gasteiger partial charge in [0.05, 0.1) is 11.5 Å². The van der Waals surface area contributed by atoms with Gasteiger partial charge in [-0.25, -0.2) is 4.98 Å². The van der Waals surface area contributed by atoms with E-state index >= 15 is 0 Å². The minimum Gasteiger partial charge on any atom is -0.373 e. The molecule has 0 aliphatic carbocycles. The van der Waals surface area contributed by atoms with Crippen LogP contribution in [0.4, 0.5) is 11.4 Å². The molecule has 0 unspecified atom stereocenters. The number of hydrogen-bond donors (Lipinski definition) is 1. The van der Waals surface area contributed by atoms with Crippen LogP contribution in [0.15, 0.2) is 29.8 Å². The zero-order chi connectivity index (χ0) is 12.3. The first-order valence-electron chi connectivity index (χ1n) is 4.73. The fraction of sp³-hybridized carbons (Fsp3) is 0.100. The van der Waals surface area contributed by atoms with Crippen molar-refractivity contribution in [2.75, 3.05) is 5.32 Å². The Labute approximate surface area is 106 Å². The van der Waals surface area contributed by atoms with Crippen molar-refractivity contribution in [1.29, 1.82) is 0 Å². The summed E-state index contributed by atoms with van der Waals surface area (Å²) in [5.41, 5.74) is 0.295. The number of para-hydroxylation sites is 1. The number of nitro benzene ring substituents is 1. The zero-order valence-electron chi connectivity index (χ0n) is 8.59. The molecule has 0 radical (unpaired) electrons. The second kappa shape index (κ2) is 5.11. The largest absolute Gasteiger partial charge is 0.373 e. The summed E-state index contributed by atoms with van der Waals surface area (Å²) in [6.07, 6.45) is 1.69. The Bertz CT molecular complexity index is 530. The van der Waals surface area contributed by atoms with Crippen molar-refractivity contribution in [3.05, 3.63) is 49.9 Å². The Morgan fingerprint density at radius 1 is 1.53 bits per heavy atom. The van der Waals surface area contributed by atoms with Crippen molar-refractivity contribution in [3.8, 4) is 0 Å². The lowest BCUT2D eigenvalue weighted by Gasteiger charge is -2.05. The van der Waals surface area contributed by atoms with Crippen LogP contribution in [-0.2, 0) is 6.54 Å². The average molecular weight is 270 g/mol. The standard InChI is InChI=1S/C10H8ClN3O2S/c11-7-2-1-3-8(10(7)14(15)16)13-6-9-12-4-5-17-9/h1-5,13H,6H2. The number of nitrogens with one attached hydrogen (secondary N) is 1. The Balaban J connectivity index is 2.21. The molecule has 17 heavy (non-hydrogen) atoms. The molecule has 0 aliphatic heterocycles. The molecule has 2 rings (SSSR count). The minimum atomic E-state index is -0.494. The number of anilines is 1. The molecule has 0 amide bonds. The summed E-state index contributed by atoms with van der Waals surface area (Å²) in [6, 6.07) is 4.78. The zero-order valence-corrected chi connectivity index (χ0v) is 10.2. The molecule has 2 aromatic rings. The molecule has 0 spiro atoms. The van der Waals surface area contributed by atoms with Crippen molar-refractivity contribution in [3.63, 3.8) is 0 Å². The van der Waals surface area contributed by atoms with E-state index in [1.807, 2.05) is 5.38 Å². The predicted octanol–water partition coefficient (Wildman–Crippen LogP) is 3.32. The molecule has 1 aromatic heterocycles. The fourth-order valence-electron chi connectivity index (χ4n) is 1.35. The number of aromatic nitrogens is 1. The average Bonchev–Trinajstić information content (AvgIpc) is 2.78. The van der Waals surface area contributed by atoms with Gasteiger partial charge in [0, 0.05) is 11.6 Å². The van der Waals surface area contributed by atoms with Crippen LogP contribution in [0, 0.1) is 10.1 Å². The van der Waals surface area contributed by atoms with Gasteiger partial charge in [0.1, 0.15) is 15.7 Å². The van der Waals surface area contributed by atoms with E-state index in [-0.39, 0.29) is 10.7 Å². The van der Waals surface area contributed by atoms with Crippen molar-refractivity contribution >= 4 is 34.3 Å². The molecule has 0 saturated heterocycles. The van der Waals surface area contributed by atoms with Crippen molar-refractivity contribution in [2.45, 2.75) is 6.54 Å². The number of rotatable bonds is 4. The van der Waals surface area contributed by atoms with Crippen LogP contribution in [-0.4, -0.2) is 9.91 Å². The highest BCUT2D eigenvalue weighted by Gasteiger charge is 2.17. The minimum absolute atomic E-state index is 0.106. The van der Waals surface area contributed by atoms with Gasteiger partial charge in [-0.05, 0) is 12.1 Å². The lowest BCUT2D eigenvalue weighted by molar-refractivity contribution is -0.383. The van der Waals surface area contributed by atoms with Crippen LogP contribution >= 0.6 is 22.9 Å². The van der Waals surface area contributed by atoms with Gasteiger partial charge in [0.2, 0.25) is 0 Å². The predicted molar refractivity (Wildman–Crippen MR) is 67.5 cm³/mol. The maximum atomic E-state index is 10.9. The van der Waals surface area contributed by atoms with Crippen LogP contribution in [0.25, 0.3) is 0 Å². The number of nitro groups is 1. The third kappa shape index (κ3) is 2.72. The molecular weight excluding hydrogens is 262 g/mol. The molecule has 88 valence electrons. The van der Waals surface area contributed by atoms with E-state index < -0.39 is 4.92 Å². The van der Waals surface area contributed by atoms with E-state index in [0.717, 1.165) is 5.01 Å². The normalized spacial score (nSPS) is 10.2. The van der Waals surface area contributed by atoms with Gasteiger partial charge in [-0.3, -0.25) is 10.1 Å². The third-order valence-electron chi connectivity index (χ3n) is 2.08. The Hall–Kier alpha value is -1.66. The molecule has 0 saturated carbocycles. The van der Waals surface area contributed by atoms with E-state index in [9.17, 15) is 10.1 Å². The Morgan fingerprint density at radius 3 is 3.00 bits per heavy atom. The van der Waals surface area contributed by atoms with Gasteiger partial charge >= 0.3 is 5.69 Å². The van der Waals surface area contributed by atoms with Crippen molar-refractivity contribution in [1.82, 2.24) is 4.98 Å². The molecule has 0 atom stereocenters. The van der Waals surface area contributed by atoms with Crippen molar-refractivity contribution < 1.29 is 4.92 Å². The Kier molecular flexibility index (Phi) is 3.55. The van der Waals surface area contributed by atoms with Crippen LogP contribution in [0.2, 0.25) is 5.02 Å². The summed E-state index contributed by atoms with van der Waals surface area (Å²) >= 11 is 7.27. The highest BCUT2D eigenvalue weighted by atomic mass is 35.5. The molecule has 1 heterocycles. The second-order valence-electron chi connectivity index (χ2n) is 3.17. The summed E-state index contributed by atoms with van der Waals surface area (Å²) in [5, 5.41) is 16.7. The summed E-state index contributed by atoms with van der Waals surface area (Å²) < 4.78 is 0. The molecule has 5 nitrogen and oxygen atoms in total. The van der Waals surface area contributed by atoms with E-state index in [0.29, 0.717) is 12.2 Å². The highest BCUT2D eigenvalue weighted by Crippen LogP contribution is 2.32. The van der Waals surface area contributed by atoms with Crippen LogP contribution < -0.4 is 5.32 Å². The molecule has 1 aromatic carbocycles. The summed E-state index contributed by atoms with van der Waals surface area (Å²) in [6.45, 7) is 0.443. The SMILES string of the molecule is O=[N+]([O-])c1c(Cl)cccc1NCc1nccs1. The first kappa shape index (κ1) is 11.8. The van der Waals surface area contributed by atoms with Gasteiger partial charge in [-0.2, -0.15) is 0 Å². The Morgan fingerprint density at radius 2 is 2.35 bits per heavy atom. The van der Waals surface area contributed by atoms with E-state index in [4.69, 9.17) is 11.6 Å². The molecule has 0 aliphatic rings. The smallest absolute Gasteiger partial charge is 0.310 e. The molecule has 0 bridgehead atoms. The van der Waals surface area contributed by atoms with Gasteiger partial charge in [0.15, 0.2) is 0 Å². The fourth-order valence-corrected chi connectivity index (χ4v) is 2.15. The second-order valence-corrected chi connectivity index (χ2v) is 4.56. The first-order chi connectivity index (χ1) is 8.18. The van der Waals surface area contributed by atoms with Crippen molar-refractivity contribution in [2.24, 2.45) is 0 Å². The van der Waals surface area contributed by atoms with Gasteiger partial charge in [-0.15, -0.1) is 11.3 Å². The maximum Gasteiger partial charge on any atom is 0.310 e. The van der Waals surface area contributed by atoms with E-state index in [2.05, 4.69) is 10.3 Å². The number of thiazole rings is 1. The first-order valence-corrected chi connectivity index (χ1v) is 5.99. The summed E-state index contributed by atoms with van der Waals surface area (Å²) in [7, 11) is 0. The molecule has 1 N–H and O–H groups in total. The number of benzene rings is 1. The number of hydrogen-bond acceptors (Lipinski definition) is 5. The summed E-state index contributed by atoms with van der Waals surface area (Å²) in [4.78, 5) is 14.5. The van der Waals surface area contributed by atoms with Gasteiger partial charge in [0.25, 0.3) is 0 Å². The van der Waals surface area contributed by atoms with E-state index in [1.165, 1.54) is 17.4 Å². The number of halogens is 1.